The number of aryl methyl sites for hydroxylation is 2. The van der Waals surface area contributed by atoms with Crippen LogP contribution in [0.15, 0.2) is 18.2 Å². The third-order valence-electron chi connectivity index (χ3n) is 5.56. The SMILES string of the molecule is CC(O)C1CCN(C(=O)c2cccc3c4c([nH]c23)CCCC4)C1. The molecule has 0 bridgehead atoms. The summed E-state index contributed by atoms with van der Waals surface area (Å²) in [6.45, 7) is 3.22. The van der Waals surface area contributed by atoms with Gasteiger partial charge in [-0.05, 0) is 50.7 Å². The molecular weight excluding hydrogens is 288 g/mol. The lowest BCUT2D eigenvalue weighted by Gasteiger charge is -2.18. The minimum Gasteiger partial charge on any atom is -0.393 e. The number of nitrogens with zero attached hydrogens (tertiary/aromatic N) is 1. The maximum Gasteiger partial charge on any atom is 0.255 e. The fraction of sp³-hybridized carbons (Fsp3) is 0.526. The number of H-pyrrole nitrogens is 1. The Balaban J connectivity index is 1.69. The van der Waals surface area contributed by atoms with Gasteiger partial charge in [0.05, 0.1) is 17.2 Å². The molecule has 2 atom stereocenters. The summed E-state index contributed by atoms with van der Waals surface area (Å²) in [5.74, 6) is 0.298. The van der Waals surface area contributed by atoms with E-state index in [9.17, 15) is 9.90 Å². The van der Waals surface area contributed by atoms with E-state index in [2.05, 4.69) is 11.1 Å². The number of hydrogen-bond donors (Lipinski definition) is 2. The molecule has 1 fully saturated rings. The fourth-order valence-electron chi connectivity index (χ4n) is 4.14. The lowest BCUT2D eigenvalue weighted by molar-refractivity contribution is 0.0764. The maximum atomic E-state index is 13.0. The van der Waals surface area contributed by atoms with Crippen molar-refractivity contribution in [3.63, 3.8) is 0 Å². The van der Waals surface area contributed by atoms with Crippen molar-refractivity contribution in [1.29, 1.82) is 0 Å². The second-order valence-electron chi connectivity index (χ2n) is 7.06. The molecule has 1 aromatic heterocycles. The third-order valence-corrected chi connectivity index (χ3v) is 5.56. The number of fused-ring (bicyclic) bond motifs is 3. The molecule has 1 amide bonds. The van der Waals surface area contributed by atoms with E-state index in [4.69, 9.17) is 0 Å². The van der Waals surface area contributed by atoms with Gasteiger partial charge in [0, 0.05) is 30.1 Å². The first-order valence-corrected chi connectivity index (χ1v) is 8.75. The van der Waals surface area contributed by atoms with E-state index in [-0.39, 0.29) is 17.9 Å². The minimum absolute atomic E-state index is 0.0948. The van der Waals surface area contributed by atoms with Crippen molar-refractivity contribution in [3.05, 3.63) is 35.0 Å². The number of amides is 1. The van der Waals surface area contributed by atoms with Crippen molar-refractivity contribution in [2.24, 2.45) is 5.92 Å². The van der Waals surface area contributed by atoms with Crippen LogP contribution in [0.5, 0.6) is 0 Å². The van der Waals surface area contributed by atoms with Crippen LogP contribution in [0.1, 0.15) is 47.8 Å². The predicted octanol–water partition coefficient (Wildman–Crippen LogP) is 2.89. The van der Waals surface area contributed by atoms with Crippen LogP contribution in [0.3, 0.4) is 0 Å². The Morgan fingerprint density at radius 1 is 1.35 bits per heavy atom. The molecule has 122 valence electrons. The first-order valence-electron chi connectivity index (χ1n) is 8.75. The number of benzene rings is 1. The zero-order valence-electron chi connectivity index (χ0n) is 13.6. The maximum absolute atomic E-state index is 13.0. The summed E-state index contributed by atoms with van der Waals surface area (Å²) < 4.78 is 0. The summed E-state index contributed by atoms with van der Waals surface area (Å²) in [6.07, 6.45) is 5.21. The van der Waals surface area contributed by atoms with Gasteiger partial charge in [0.2, 0.25) is 0 Å². The molecule has 0 radical (unpaired) electrons. The molecule has 2 aromatic rings. The second kappa shape index (κ2) is 5.68. The smallest absolute Gasteiger partial charge is 0.255 e. The van der Waals surface area contributed by atoms with Gasteiger partial charge in [0.25, 0.3) is 5.91 Å². The van der Waals surface area contributed by atoms with Crippen molar-refractivity contribution in [3.8, 4) is 0 Å². The molecule has 1 saturated heterocycles. The van der Waals surface area contributed by atoms with E-state index in [0.717, 1.165) is 36.9 Å². The van der Waals surface area contributed by atoms with Crippen molar-refractivity contribution in [2.75, 3.05) is 13.1 Å². The summed E-state index contributed by atoms with van der Waals surface area (Å²) in [7, 11) is 0. The largest absolute Gasteiger partial charge is 0.393 e. The lowest BCUT2D eigenvalue weighted by Crippen LogP contribution is -2.30. The van der Waals surface area contributed by atoms with Crippen LogP contribution in [0.25, 0.3) is 10.9 Å². The molecule has 2 N–H and O–H groups in total. The van der Waals surface area contributed by atoms with Crippen molar-refractivity contribution >= 4 is 16.8 Å². The van der Waals surface area contributed by atoms with E-state index in [1.54, 1.807) is 0 Å². The molecule has 1 aliphatic carbocycles. The van der Waals surface area contributed by atoms with Crippen LogP contribution in [-0.2, 0) is 12.8 Å². The van der Waals surface area contributed by atoms with Gasteiger partial charge in [-0.15, -0.1) is 0 Å². The van der Waals surface area contributed by atoms with E-state index >= 15 is 0 Å². The molecule has 2 aliphatic rings. The molecule has 2 unspecified atom stereocenters. The van der Waals surface area contributed by atoms with Gasteiger partial charge in [-0.2, -0.15) is 0 Å². The molecule has 1 aromatic carbocycles. The number of carbonyl (C=O) groups is 1. The number of hydrogen-bond acceptors (Lipinski definition) is 2. The van der Waals surface area contributed by atoms with Crippen LogP contribution in [-0.4, -0.2) is 40.1 Å². The minimum atomic E-state index is -0.346. The van der Waals surface area contributed by atoms with Gasteiger partial charge in [-0.3, -0.25) is 4.79 Å². The van der Waals surface area contributed by atoms with Crippen molar-refractivity contribution in [1.82, 2.24) is 9.88 Å². The van der Waals surface area contributed by atoms with E-state index in [0.29, 0.717) is 6.54 Å². The van der Waals surface area contributed by atoms with E-state index in [1.807, 2.05) is 24.0 Å². The first kappa shape index (κ1) is 14.8. The first-order chi connectivity index (χ1) is 11.1. The van der Waals surface area contributed by atoms with Gasteiger partial charge in [0.15, 0.2) is 0 Å². The Morgan fingerprint density at radius 3 is 2.96 bits per heavy atom. The van der Waals surface area contributed by atoms with Crippen LogP contribution in [0, 0.1) is 5.92 Å². The van der Waals surface area contributed by atoms with Gasteiger partial charge in [0.1, 0.15) is 0 Å². The summed E-state index contributed by atoms with van der Waals surface area (Å²) in [6, 6.07) is 6.07. The molecule has 4 rings (SSSR count). The highest BCUT2D eigenvalue weighted by Crippen LogP contribution is 2.32. The lowest BCUT2D eigenvalue weighted by atomic mass is 9.95. The molecule has 1 aliphatic heterocycles. The quantitative estimate of drug-likeness (QED) is 0.896. The molecule has 0 spiro atoms. The third kappa shape index (κ3) is 2.45. The summed E-state index contributed by atoms with van der Waals surface area (Å²) in [5, 5.41) is 11.0. The summed E-state index contributed by atoms with van der Waals surface area (Å²) >= 11 is 0. The van der Waals surface area contributed by atoms with Crippen molar-refractivity contribution < 1.29 is 9.90 Å². The van der Waals surface area contributed by atoms with Gasteiger partial charge in [-0.25, -0.2) is 0 Å². The van der Waals surface area contributed by atoms with Gasteiger partial charge >= 0.3 is 0 Å². The highest BCUT2D eigenvalue weighted by atomic mass is 16.3. The highest BCUT2D eigenvalue weighted by molar-refractivity contribution is 6.06. The number of aromatic amines is 1. The predicted molar refractivity (Wildman–Crippen MR) is 90.6 cm³/mol. The number of aliphatic hydroxyl groups is 1. The Hall–Kier alpha value is -1.81. The van der Waals surface area contributed by atoms with E-state index in [1.165, 1.54) is 29.5 Å². The molecular formula is C19H24N2O2. The normalized spacial score (nSPS) is 22.3. The number of aromatic nitrogens is 1. The number of likely N-dealkylation sites (tertiary alicyclic amines) is 1. The molecule has 2 heterocycles. The zero-order chi connectivity index (χ0) is 16.0. The zero-order valence-corrected chi connectivity index (χ0v) is 13.6. The highest BCUT2D eigenvalue weighted by Gasteiger charge is 2.30. The van der Waals surface area contributed by atoms with Gasteiger partial charge < -0.3 is 15.0 Å². The average molecular weight is 312 g/mol. The van der Waals surface area contributed by atoms with Crippen LogP contribution < -0.4 is 0 Å². The number of aliphatic hydroxyl groups excluding tert-OH is 1. The van der Waals surface area contributed by atoms with Crippen molar-refractivity contribution in [2.45, 2.75) is 45.1 Å². The Bertz CT molecular complexity index is 747. The number of para-hydroxylation sites is 1. The molecule has 23 heavy (non-hydrogen) atoms. The van der Waals surface area contributed by atoms with Gasteiger partial charge in [-0.1, -0.05) is 12.1 Å². The number of rotatable bonds is 2. The van der Waals surface area contributed by atoms with Crippen LogP contribution in [0.4, 0.5) is 0 Å². The van der Waals surface area contributed by atoms with Crippen LogP contribution >= 0.6 is 0 Å². The summed E-state index contributed by atoms with van der Waals surface area (Å²) in [4.78, 5) is 18.4. The van der Waals surface area contributed by atoms with E-state index < -0.39 is 0 Å². The summed E-state index contributed by atoms with van der Waals surface area (Å²) in [5.41, 5.74) is 4.51. The van der Waals surface area contributed by atoms with Crippen LogP contribution in [0.2, 0.25) is 0 Å². The average Bonchev–Trinajstić information content (AvgIpc) is 3.18. The second-order valence-corrected chi connectivity index (χ2v) is 7.06. The fourth-order valence-corrected chi connectivity index (χ4v) is 4.14. The number of nitrogens with one attached hydrogen (secondary N) is 1. The topological polar surface area (TPSA) is 56.3 Å². The molecule has 4 nitrogen and oxygen atoms in total. The number of carbonyl (C=O) groups excluding carboxylic acids is 1. The molecule has 4 heteroatoms. The standard InChI is InChI=1S/C19H24N2O2/c1-12(22)13-9-10-21(11-13)19(23)16-7-4-6-15-14-5-2-3-8-17(14)20-18(15)16/h4,6-7,12-13,20,22H,2-3,5,8-11H2,1H3. The monoisotopic (exact) mass is 312 g/mol. The Labute approximate surface area is 136 Å². The molecule has 0 saturated carbocycles. The Morgan fingerprint density at radius 2 is 2.17 bits per heavy atom. The Kier molecular flexibility index (Phi) is 3.64.